The van der Waals surface area contributed by atoms with Crippen LogP contribution in [0.5, 0.6) is 5.75 Å². The molecule has 0 radical (unpaired) electrons. The van der Waals surface area contributed by atoms with Crippen molar-refractivity contribution in [3.63, 3.8) is 0 Å². The molecule has 2 N–H and O–H groups in total. The first kappa shape index (κ1) is 12.5. The van der Waals surface area contributed by atoms with Gasteiger partial charge in [-0.2, -0.15) is 0 Å². The first-order chi connectivity index (χ1) is 8.69. The maximum Gasteiger partial charge on any atom is 0.220 e. The molecule has 0 aliphatic heterocycles. The second-order valence-electron chi connectivity index (χ2n) is 3.67. The molecule has 4 heteroatoms. The molecular formula is C14H13NO2S. The van der Waals surface area contributed by atoms with Crippen molar-refractivity contribution in [3.8, 4) is 5.75 Å². The predicted octanol–water partition coefficient (Wildman–Crippen LogP) is 2.79. The summed E-state index contributed by atoms with van der Waals surface area (Å²) in [6.07, 6.45) is 0. The Balaban J connectivity index is 2.27. The number of ether oxygens (including phenoxy) is 1. The highest BCUT2D eigenvalue weighted by Gasteiger charge is 1.99. The largest absolute Gasteiger partial charge is 0.493 e. The first-order valence-corrected chi connectivity index (χ1v) is 6.22. The van der Waals surface area contributed by atoms with E-state index in [1.165, 1.54) is 13.2 Å². The number of hydrogen-bond donors (Lipinski definition) is 1. The molecule has 18 heavy (non-hydrogen) atoms. The van der Waals surface area contributed by atoms with Gasteiger partial charge in [-0.05, 0) is 48.5 Å². The second-order valence-corrected chi connectivity index (χ2v) is 4.82. The van der Waals surface area contributed by atoms with Crippen LogP contribution < -0.4 is 15.9 Å². The van der Waals surface area contributed by atoms with Crippen molar-refractivity contribution in [3.05, 3.63) is 58.8 Å². The number of nitrogens with two attached hydrogens (primary N) is 1. The molecule has 0 bridgehead atoms. The zero-order valence-electron chi connectivity index (χ0n) is 9.92. The molecule has 92 valence electrons. The first-order valence-electron chi connectivity index (χ1n) is 5.41. The third kappa shape index (κ3) is 3.05. The summed E-state index contributed by atoms with van der Waals surface area (Å²) < 4.78 is 4.99. The van der Waals surface area contributed by atoms with Gasteiger partial charge in [-0.3, -0.25) is 4.79 Å². The molecule has 3 nitrogen and oxygen atoms in total. The molecular weight excluding hydrogens is 246 g/mol. The van der Waals surface area contributed by atoms with E-state index in [0.29, 0.717) is 5.75 Å². The van der Waals surface area contributed by atoms with E-state index in [9.17, 15) is 4.79 Å². The number of benzene rings is 1. The van der Waals surface area contributed by atoms with Crippen molar-refractivity contribution in [1.82, 2.24) is 0 Å². The Morgan fingerprint density at radius 1 is 0.944 bits per heavy atom. The summed E-state index contributed by atoms with van der Waals surface area (Å²) in [6.45, 7) is 0. The normalized spacial score (nSPS) is 10.1. The van der Waals surface area contributed by atoms with E-state index < -0.39 is 0 Å². The predicted molar refractivity (Wildman–Crippen MR) is 74.2 cm³/mol. The average molecular weight is 259 g/mol. The van der Waals surface area contributed by atoms with Gasteiger partial charge >= 0.3 is 0 Å². The van der Waals surface area contributed by atoms with Gasteiger partial charge in [0.05, 0.1) is 7.11 Å². The molecule has 0 atom stereocenters. The van der Waals surface area contributed by atoms with Crippen LogP contribution in [0.4, 0.5) is 5.69 Å². The van der Waals surface area contributed by atoms with Gasteiger partial charge in [-0.15, -0.1) is 0 Å². The molecule has 0 aliphatic carbocycles. The Labute approximate surface area is 110 Å². The fourth-order valence-electron chi connectivity index (χ4n) is 1.44. The zero-order valence-corrected chi connectivity index (χ0v) is 10.7. The summed E-state index contributed by atoms with van der Waals surface area (Å²) in [5.41, 5.74) is 6.24. The minimum atomic E-state index is -0.123. The summed E-state index contributed by atoms with van der Waals surface area (Å²) in [7, 11) is 1.49. The third-order valence-corrected chi connectivity index (χ3v) is 3.39. The lowest BCUT2D eigenvalue weighted by atomic mass is 10.3. The maximum atomic E-state index is 11.5. The minimum absolute atomic E-state index is 0.123. The van der Waals surface area contributed by atoms with E-state index in [1.54, 1.807) is 23.9 Å². The van der Waals surface area contributed by atoms with Gasteiger partial charge in [-0.25, -0.2) is 0 Å². The van der Waals surface area contributed by atoms with Crippen molar-refractivity contribution >= 4 is 17.4 Å². The Kier molecular flexibility index (Phi) is 3.89. The number of methoxy groups -OCH3 is 1. The van der Waals surface area contributed by atoms with Gasteiger partial charge in [0.25, 0.3) is 0 Å². The molecule has 0 amide bonds. The Morgan fingerprint density at radius 2 is 1.50 bits per heavy atom. The number of anilines is 1. The van der Waals surface area contributed by atoms with Gasteiger partial charge in [0.1, 0.15) is 0 Å². The molecule has 2 aromatic rings. The van der Waals surface area contributed by atoms with Crippen molar-refractivity contribution in [2.45, 2.75) is 9.79 Å². The lowest BCUT2D eigenvalue weighted by Crippen LogP contribution is -1.98. The highest BCUT2D eigenvalue weighted by Crippen LogP contribution is 2.27. The van der Waals surface area contributed by atoms with E-state index in [2.05, 4.69) is 0 Å². The maximum absolute atomic E-state index is 11.5. The molecule has 0 unspecified atom stereocenters. The lowest BCUT2D eigenvalue weighted by molar-refractivity contribution is 0.411. The molecule has 2 rings (SSSR count). The van der Waals surface area contributed by atoms with E-state index in [0.717, 1.165) is 15.5 Å². The zero-order chi connectivity index (χ0) is 13.0. The summed E-state index contributed by atoms with van der Waals surface area (Å²) in [5, 5.41) is 0. The van der Waals surface area contributed by atoms with Crippen molar-refractivity contribution in [1.29, 1.82) is 0 Å². The van der Waals surface area contributed by atoms with E-state index in [1.807, 2.05) is 30.3 Å². The molecule has 0 spiro atoms. The SMILES string of the molecule is COc1ccc(Sc2ccc(N)cc2)ccc1=O. The summed E-state index contributed by atoms with van der Waals surface area (Å²) in [5.74, 6) is 0.346. The molecule has 0 heterocycles. The van der Waals surface area contributed by atoms with E-state index in [-0.39, 0.29) is 5.43 Å². The third-order valence-electron chi connectivity index (χ3n) is 2.38. The van der Waals surface area contributed by atoms with Crippen LogP contribution in [0.15, 0.2) is 63.1 Å². The fourth-order valence-corrected chi connectivity index (χ4v) is 2.26. The minimum Gasteiger partial charge on any atom is -0.493 e. The lowest BCUT2D eigenvalue weighted by Gasteiger charge is -1.99. The van der Waals surface area contributed by atoms with Gasteiger partial charge in [-0.1, -0.05) is 11.8 Å². The van der Waals surface area contributed by atoms with Crippen LogP contribution in [-0.2, 0) is 0 Å². The van der Waals surface area contributed by atoms with Crippen LogP contribution in [0.1, 0.15) is 0 Å². The fraction of sp³-hybridized carbons (Fsp3) is 0.0714. The van der Waals surface area contributed by atoms with Crippen molar-refractivity contribution < 1.29 is 4.74 Å². The van der Waals surface area contributed by atoms with E-state index >= 15 is 0 Å². The summed E-state index contributed by atoms with van der Waals surface area (Å²) in [6, 6.07) is 14.4. The molecule has 0 fully saturated rings. The van der Waals surface area contributed by atoms with Crippen LogP contribution in [0, 0.1) is 0 Å². The van der Waals surface area contributed by atoms with Crippen molar-refractivity contribution in [2.24, 2.45) is 0 Å². The molecule has 0 aromatic heterocycles. The summed E-state index contributed by atoms with van der Waals surface area (Å²) >= 11 is 1.57. The number of nitrogen functional groups attached to an aromatic ring is 1. The average Bonchev–Trinajstić information content (AvgIpc) is 2.55. The van der Waals surface area contributed by atoms with Crippen LogP contribution in [0.3, 0.4) is 0 Å². The Morgan fingerprint density at radius 3 is 2.11 bits per heavy atom. The quantitative estimate of drug-likeness (QED) is 0.861. The molecule has 0 saturated heterocycles. The molecule has 2 aromatic carbocycles. The Hall–Kier alpha value is -1.94. The monoisotopic (exact) mass is 259 g/mol. The highest BCUT2D eigenvalue weighted by molar-refractivity contribution is 7.99. The molecule has 0 aliphatic rings. The second kappa shape index (κ2) is 5.60. The van der Waals surface area contributed by atoms with Gasteiger partial charge in [0.15, 0.2) is 5.75 Å². The standard InChI is InChI=1S/C14H13NO2S/c1-17-14-9-7-12(6-8-13(14)16)18-11-4-2-10(15)3-5-11/h2-9H,15H2,1H3. The smallest absolute Gasteiger partial charge is 0.220 e. The van der Waals surface area contributed by atoms with Crippen LogP contribution in [0.25, 0.3) is 0 Å². The number of hydrogen-bond acceptors (Lipinski definition) is 4. The topological polar surface area (TPSA) is 52.3 Å². The van der Waals surface area contributed by atoms with Crippen LogP contribution >= 0.6 is 11.8 Å². The van der Waals surface area contributed by atoms with Gasteiger partial charge < -0.3 is 10.5 Å². The van der Waals surface area contributed by atoms with Crippen molar-refractivity contribution in [2.75, 3.05) is 12.8 Å². The van der Waals surface area contributed by atoms with Crippen LogP contribution in [0.2, 0.25) is 0 Å². The highest BCUT2D eigenvalue weighted by atomic mass is 32.2. The van der Waals surface area contributed by atoms with E-state index in [4.69, 9.17) is 10.5 Å². The van der Waals surface area contributed by atoms with Crippen LogP contribution in [-0.4, -0.2) is 7.11 Å². The molecule has 0 saturated carbocycles. The number of rotatable bonds is 3. The summed E-state index contributed by atoms with van der Waals surface area (Å²) in [4.78, 5) is 13.6. The van der Waals surface area contributed by atoms with Gasteiger partial charge in [0.2, 0.25) is 5.43 Å². The Bertz CT molecular complexity index is 596. The van der Waals surface area contributed by atoms with Gasteiger partial charge in [0, 0.05) is 15.5 Å².